The Labute approximate surface area is 101 Å². The standard InChI is InChI=1S/C8H11ClF2N4O2/c1-16-8-14-6(9)13-7(15-8)12-2-3-17-4-5(10)11/h5H,2-4H2,1H3,(H,12,13,14,15). The van der Waals surface area contributed by atoms with Crippen LogP contribution in [0.4, 0.5) is 14.7 Å². The molecule has 17 heavy (non-hydrogen) atoms. The van der Waals surface area contributed by atoms with Crippen LogP contribution in [-0.2, 0) is 4.74 Å². The molecule has 0 aromatic carbocycles. The normalized spacial score (nSPS) is 10.6. The predicted octanol–water partition coefficient (Wildman–Crippen LogP) is 1.23. The highest BCUT2D eigenvalue weighted by Gasteiger charge is 2.05. The predicted molar refractivity (Wildman–Crippen MR) is 56.7 cm³/mol. The van der Waals surface area contributed by atoms with Gasteiger partial charge in [0.25, 0.3) is 6.43 Å². The third-order valence-electron chi connectivity index (χ3n) is 1.54. The molecule has 0 aliphatic heterocycles. The van der Waals surface area contributed by atoms with Crippen LogP contribution in [0.15, 0.2) is 0 Å². The van der Waals surface area contributed by atoms with Crippen LogP contribution in [-0.4, -0.2) is 48.2 Å². The van der Waals surface area contributed by atoms with E-state index in [1.807, 2.05) is 0 Å². The van der Waals surface area contributed by atoms with E-state index in [4.69, 9.17) is 16.3 Å². The van der Waals surface area contributed by atoms with Gasteiger partial charge in [0.15, 0.2) is 0 Å². The Hall–Kier alpha value is -1.28. The summed E-state index contributed by atoms with van der Waals surface area (Å²) in [6.07, 6.45) is -2.47. The molecule has 0 amide bonds. The monoisotopic (exact) mass is 268 g/mol. The van der Waals surface area contributed by atoms with E-state index in [2.05, 4.69) is 25.0 Å². The molecule has 0 aliphatic carbocycles. The molecule has 1 aromatic heterocycles. The fourth-order valence-electron chi connectivity index (χ4n) is 0.910. The van der Waals surface area contributed by atoms with Crippen LogP contribution < -0.4 is 10.1 Å². The van der Waals surface area contributed by atoms with Gasteiger partial charge in [0.1, 0.15) is 6.61 Å². The molecule has 1 heterocycles. The van der Waals surface area contributed by atoms with E-state index in [0.717, 1.165) is 0 Å². The molecule has 0 radical (unpaired) electrons. The Morgan fingerprint density at radius 2 is 2.12 bits per heavy atom. The maximum Gasteiger partial charge on any atom is 0.322 e. The molecule has 9 heteroatoms. The first-order chi connectivity index (χ1) is 8.11. The lowest BCUT2D eigenvalue weighted by atomic mass is 10.6. The summed E-state index contributed by atoms with van der Waals surface area (Å²) < 4.78 is 32.9. The van der Waals surface area contributed by atoms with E-state index < -0.39 is 13.0 Å². The van der Waals surface area contributed by atoms with Gasteiger partial charge < -0.3 is 14.8 Å². The third-order valence-corrected chi connectivity index (χ3v) is 1.71. The molecular formula is C8H11ClF2N4O2. The first-order valence-corrected chi connectivity index (χ1v) is 5.05. The van der Waals surface area contributed by atoms with Crippen molar-refractivity contribution in [1.82, 2.24) is 15.0 Å². The minimum absolute atomic E-state index is 0.0205. The number of anilines is 1. The average molecular weight is 269 g/mol. The van der Waals surface area contributed by atoms with E-state index in [-0.39, 0.29) is 30.4 Å². The Kier molecular flexibility index (Phi) is 5.78. The van der Waals surface area contributed by atoms with E-state index >= 15 is 0 Å². The molecule has 1 rings (SSSR count). The second kappa shape index (κ2) is 7.13. The lowest BCUT2D eigenvalue weighted by molar-refractivity contribution is 0.0214. The van der Waals surface area contributed by atoms with Crippen LogP contribution in [0.5, 0.6) is 6.01 Å². The number of nitrogens with zero attached hydrogens (tertiary/aromatic N) is 3. The van der Waals surface area contributed by atoms with Gasteiger partial charge in [-0.1, -0.05) is 0 Å². The third kappa shape index (κ3) is 5.55. The minimum atomic E-state index is -2.47. The summed E-state index contributed by atoms with van der Waals surface area (Å²) >= 11 is 5.60. The lowest BCUT2D eigenvalue weighted by Crippen LogP contribution is -2.15. The van der Waals surface area contributed by atoms with E-state index in [1.165, 1.54) is 7.11 Å². The SMILES string of the molecule is COc1nc(Cl)nc(NCCOCC(F)F)n1. The first kappa shape index (κ1) is 13.8. The van der Waals surface area contributed by atoms with E-state index in [1.54, 1.807) is 0 Å². The zero-order valence-corrected chi connectivity index (χ0v) is 9.75. The average Bonchev–Trinajstić information content (AvgIpc) is 2.27. The van der Waals surface area contributed by atoms with Crippen LogP contribution in [0.3, 0.4) is 0 Å². The summed E-state index contributed by atoms with van der Waals surface area (Å²) in [5, 5.41) is 2.72. The van der Waals surface area contributed by atoms with Gasteiger partial charge in [-0.15, -0.1) is 0 Å². The van der Waals surface area contributed by atoms with E-state index in [9.17, 15) is 8.78 Å². The molecule has 0 saturated heterocycles. The fourth-order valence-corrected chi connectivity index (χ4v) is 1.06. The van der Waals surface area contributed by atoms with Crippen molar-refractivity contribution >= 4 is 17.5 Å². The maximum atomic E-state index is 11.7. The highest BCUT2D eigenvalue weighted by molar-refractivity contribution is 6.28. The number of halogens is 3. The molecule has 6 nitrogen and oxygen atoms in total. The molecule has 0 aliphatic rings. The second-order valence-electron chi connectivity index (χ2n) is 2.81. The minimum Gasteiger partial charge on any atom is -0.467 e. The highest BCUT2D eigenvalue weighted by Crippen LogP contribution is 2.10. The van der Waals surface area contributed by atoms with Gasteiger partial charge in [-0.2, -0.15) is 15.0 Å². The zero-order valence-electron chi connectivity index (χ0n) is 8.99. The van der Waals surface area contributed by atoms with Crippen molar-refractivity contribution in [3.8, 4) is 6.01 Å². The largest absolute Gasteiger partial charge is 0.467 e. The van der Waals surface area contributed by atoms with Crippen LogP contribution in [0.2, 0.25) is 5.28 Å². The number of nitrogens with one attached hydrogen (secondary N) is 1. The van der Waals surface area contributed by atoms with Gasteiger partial charge in [-0.25, -0.2) is 8.78 Å². The topological polar surface area (TPSA) is 69.2 Å². The summed E-state index contributed by atoms with van der Waals surface area (Å²) in [6.45, 7) is -0.213. The van der Waals surface area contributed by atoms with Gasteiger partial charge in [0, 0.05) is 6.54 Å². The quantitative estimate of drug-likeness (QED) is 0.750. The summed E-state index contributed by atoms with van der Waals surface area (Å²) in [6, 6.07) is 0.0704. The maximum absolute atomic E-state index is 11.7. The van der Waals surface area contributed by atoms with Crippen molar-refractivity contribution in [2.75, 3.05) is 32.2 Å². The van der Waals surface area contributed by atoms with Gasteiger partial charge in [0.2, 0.25) is 11.2 Å². The number of alkyl halides is 2. The number of methoxy groups -OCH3 is 1. The van der Waals surface area contributed by atoms with Crippen LogP contribution >= 0.6 is 11.6 Å². The number of aromatic nitrogens is 3. The highest BCUT2D eigenvalue weighted by atomic mass is 35.5. The van der Waals surface area contributed by atoms with Crippen molar-refractivity contribution in [1.29, 1.82) is 0 Å². The Morgan fingerprint density at radius 3 is 2.76 bits per heavy atom. The van der Waals surface area contributed by atoms with Crippen molar-refractivity contribution < 1.29 is 18.3 Å². The van der Waals surface area contributed by atoms with Gasteiger partial charge in [0.05, 0.1) is 13.7 Å². The van der Waals surface area contributed by atoms with E-state index in [0.29, 0.717) is 0 Å². The van der Waals surface area contributed by atoms with Crippen LogP contribution in [0, 0.1) is 0 Å². The Bertz CT molecular complexity index is 356. The molecule has 0 saturated carbocycles. The summed E-state index contributed by atoms with van der Waals surface area (Å²) in [4.78, 5) is 11.3. The van der Waals surface area contributed by atoms with Gasteiger partial charge in [-0.3, -0.25) is 0 Å². The fraction of sp³-hybridized carbons (Fsp3) is 0.625. The van der Waals surface area contributed by atoms with Crippen molar-refractivity contribution in [2.45, 2.75) is 6.43 Å². The summed E-state index contributed by atoms with van der Waals surface area (Å²) in [5.41, 5.74) is 0. The smallest absolute Gasteiger partial charge is 0.322 e. The first-order valence-electron chi connectivity index (χ1n) is 4.67. The molecule has 0 bridgehead atoms. The number of hydrogen-bond acceptors (Lipinski definition) is 6. The molecule has 0 fully saturated rings. The molecular weight excluding hydrogens is 258 g/mol. The Morgan fingerprint density at radius 1 is 1.35 bits per heavy atom. The van der Waals surface area contributed by atoms with Crippen molar-refractivity contribution in [2.24, 2.45) is 0 Å². The second-order valence-corrected chi connectivity index (χ2v) is 3.15. The number of rotatable bonds is 7. The molecule has 0 unspecified atom stereocenters. The zero-order chi connectivity index (χ0) is 12.7. The Balaban J connectivity index is 2.33. The molecule has 1 aromatic rings. The van der Waals surface area contributed by atoms with Gasteiger partial charge >= 0.3 is 6.01 Å². The summed E-state index contributed by atoms with van der Waals surface area (Å²) in [7, 11) is 1.39. The van der Waals surface area contributed by atoms with Crippen molar-refractivity contribution in [3.05, 3.63) is 5.28 Å². The number of ether oxygens (including phenoxy) is 2. The molecule has 1 N–H and O–H groups in total. The van der Waals surface area contributed by atoms with Crippen molar-refractivity contribution in [3.63, 3.8) is 0 Å². The van der Waals surface area contributed by atoms with Crippen LogP contribution in [0.1, 0.15) is 0 Å². The lowest BCUT2D eigenvalue weighted by Gasteiger charge is -2.06. The molecule has 96 valence electrons. The summed E-state index contributed by atoms with van der Waals surface area (Å²) in [5.74, 6) is 0.197. The molecule has 0 atom stereocenters. The number of hydrogen-bond donors (Lipinski definition) is 1. The molecule has 0 spiro atoms. The van der Waals surface area contributed by atoms with Gasteiger partial charge in [-0.05, 0) is 11.6 Å². The van der Waals surface area contributed by atoms with Crippen LogP contribution in [0.25, 0.3) is 0 Å².